The second-order valence-corrected chi connectivity index (χ2v) is 7.32. The van der Waals surface area contributed by atoms with Crippen molar-refractivity contribution in [3.63, 3.8) is 0 Å². The molecule has 0 aliphatic rings. The Balaban J connectivity index is 2.21. The SMILES string of the molecule is CS(=O)(=O)c1ccc(C(=O)OCC(=O)c2cc(F)ccc2F)cc1[N+](=O)[O-]. The number of Topliss-reactive ketones (excluding diaryl/α,β-unsaturated/α-hetero) is 1. The molecule has 8 nitrogen and oxygen atoms in total. The van der Waals surface area contributed by atoms with E-state index < -0.39 is 60.9 Å². The van der Waals surface area contributed by atoms with Gasteiger partial charge in [-0.05, 0) is 30.3 Å². The number of halogens is 2. The van der Waals surface area contributed by atoms with Crippen LogP contribution < -0.4 is 0 Å². The molecule has 0 saturated carbocycles. The van der Waals surface area contributed by atoms with E-state index in [0.29, 0.717) is 12.1 Å². The molecule has 142 valence electrons. The summed E-state index contributed by atoms with van der Waals surface area (Å²) in [6.45, 7) is -0.944. The molecule has 0 unspecified atom stereocenters. The lowest BCUT2D eigenvalue weighted by Crippen LogP contribution is -2.16. The molecule has 27 heavy (non-hydrogen) atoms. The number of benzene rings is 2. The average Bonchev–Trinajstić information content (AvgIpc) is 2.60. The molecule has 0 fully saturated rings. The highest BCUT2D eigenvalue weighted by Crippen LogP contribution is 2.25. The van der Waals surface area contributed by atoms with Crippen molar-refractivity contribution < 1.29 is 36.4 Å². The van der Waals surface area contributed by atoms with E-state index in [1.54, 1.807) is 0 Å². The fourth-order valence-corrected chi connectivity index (χ4v) is 2.93. The number of hydrogen-bond donors (Lipinski definition) is 0. The first-order valence-corrected chi connectivity index (χ1v) is 9.03. The number of carbonyl (C=O) groups excluding carboxylic acids is 2. The van der Waals surface area contributed by atoms with Crippen LogP contribution in [0.4, 0.5) is 14.5 Å². The van der Waals surface area contributed by atoms with Crippen molar-refractivity contribution in [3.05, 3.63) is 69.3 Å². The van der Waals surface area contributed by atoms with Gasteiger partial charge in [-0.3, -0.25) is 14.9 Å². The van der Waals surface area contributed by atoms with Crippen LogP contribution >= 0.6 is 0 Å². The fraction of sp³-hybridized carbons (Fsp3) is 0.125. The zero-order chi connectivity index (χ0) is 20.4. The normalized spacial score (nSPS) is 11.1. The van der Waals surface area contributed by atoms with E-state index in [4.69, 9.17) is 0 Å². The highest BCUT2D eigenvalue weighted by atomic mass is 32.2. The van der Waals surface area contributed by atoms with E-state index in [0.717, 1.165) is 30.5 Å². The summed E-state index contributed by atoms with van der Waals surface area (Å²) < 4.78 is 54.3. The first kappa shape index (κ1) is 20.1. The average molecular weight is 399 g/mol. The van der Waals surface area contributed by atoms with Crippen LogP contribution in [-0.4, -0.2) is 38.0 Å². The third-order valence-electron chi connectivity index (χ3n) is 3.35. The molecule has 0 bridgehead atoms. The third kappa shape index (κ3) is 4.70. The zero-order valence-corrected chi connectivity index (χ0v) is 14.5. The zero-order valence-electron chi connectivity index (χ0n) is 13.6. The monoisotopic (exact) mass is 399 g/mol. The number of rotatable bonds is 6. The second kappa shape index (κ2) is 7.58. The number of nitro benzene ring substituents is 1. The maximum absolute atomic E-state index is 13.5. The van der Waals surface area contributed by atoms with Gasteiger partial charge in [0.2, 0.25) is 5.78 Å². The van der Waals surface area contributed by atoms with E-state index in [1.165, 1.54) is 0 Å². The van der Waals surface area contributed by atoms with Crippen molar-refractivity contribution in [2.75, 3.05) is 12.9 Å². The van der Waals surface area contributed by atoms with Gasteiger partial charge in [-0.2, -0.15) is 0 Å². The summed E-state index contributed by atoms with van der Waals surface area (Å²) in [7, 11) is -3.92. The molecule has 2 rings (SSSR count). The Labute approximate surface area is 151 Å². The Morgan fingerprint density at radius 2 is 1.81 bits per heavy atom. The molecule has 0 atom stereocenters. The smallest absolute Gasteiger partial charge is 0.338 e. The van der Waals surface area contributed by atoms with E-state index in [9.17, 15) is 36.9 Å². The number of sulfone groups is 1. The maximum Gasteiger partial charge on any atom is 0.338 e. The minimum absolute atomic E-state index is 0.387. The third-order valence-corrected chi connectivity index (χ3v) is 4.50. The molecule has 2 aromatic rings. The van der Waals surface area contributed by atoms with E-state index in [-0.39, 0.29) is 5.56 Å². The molecule has 0 aromatic heterocycles. The van der Waals surface area contributed by atoms with Crippen LogP contribution in [0.2, 0.25) is 0 Å². The van der Waals surface area contributed by atoms with E-state index >= 15 is 0 Å². The van der Waals surface area contributed by atoms with Crippen molar-refractivity contribution in [1.29, 1.82) is 0 Å². The summed E-state index contributed by atoms with van der Waals surface area (Å²) in [5.41, 5.74) is -1.85. The van der Waals surface area contributed by atoms with Gasteiger partial charge in [-0.1, -0.05) is 0 Å². The lowest BCUT2D eigenvalue weighted by Gasteiger charge is -2.07. The molecule has 0 saturated heterocycles. The molecule has 11 heteroatoms. The Kier molecular flexibility index (Phi) is 5.64. The molecule has 0 N–H and O–H groups in total. The van der Waals surface area contributed by atoms with Crippen LogP contribution in [0.3, 0.4) is 0 Å². The summed E-state index contributed by atoms with van der Waals surface area (Å²) in [5, 5.41) is 11.0. The number of hydrogen-bond acceptors (Lipinski definition) is 7. The van der Waals surface area contributed by atoms with E-state index in [2.05, 4.69) is 4.74 Å². The van der Waals surface area contributed by atoms with Crippen molar-refractivity contribution in [2.45, 2.75) is 4.90 Å². The first-order valence-electron chi connectivity index (χ1n) is 7.14. The predicted octanol–water partition coefficient (Wildman–Crippen LogP) is 2.32. The lowest BCUT2D eigenvalue weighted by atomic mass is 10.1. The first-order chi connectivity index (χ1) is 12.5. The van der Waals surface area contributed by atoms with Crippen molar-refractivity contribution >= 4 is 27.3 Å². The van der Waals surface area contributed by atoms with Crippen molar-refractivity contribution in [3.8, 4) is 0 Å². The van der Waals surface area contributed by atoms with Crippen molar-refractivity contribution in [1.82, 2.24) is 0 Å². The Bertz CT molecular complexity index is 1050. The van der Waals surface area contributed by atoms with E-state index in [1.807, 2.05) is 0 Å². The molecule has 0 amide bonds. The summed E-state index contributed by atoms with van der Waals surface area (Å²) in [6.07, 6.45) is 0.763. The number of carbonyl (C=O) groups is 2. The highest BCUT2D eigenvalue weighted by molar-refractivity contribution is 7.90. The van der Waals surface area contributed by atoms with Crippen LogP contribution in [0.25, 0.3) is 0 Å². The van der Waals surface area contributed by atoms with Gasteiger partial charge in [-0.15, -0.1) is 0 Å². The fourth-order valence-electron chi connectivity index (χ4n) is 2.10. The number of ketones is 1. The van der Waals surface area contributed by atoms with Gasteiger partial charge in [0.05, 0.1) is 16.1 Å². The molecule has 0 spiro atoms. The van der Waals surface area contributed by atoms with Gasteiger partial charge in [0, 0.05) is 12.3 Å². The Morgan fingerprint density at radius 3 is 2.41 bits per heavy atom. The van der Waals surface area contributed by atoms with Gasteiger partial charge in [0.25, 0.3) is 5.69 Å². The predicted molar refractivity (Wildman–Crippen MR) is 87.2 cm³/mol. The minimum Gasteiger partial charge on any atom is -0.454 e. The number of esters is 1. The van der Waals surface area contributed by atoms with Gasteiger partial charge in [-0.25, -0.2) is 22.0 Å². The number of nitro groups is 1. The summed E-state index contributed by atoms with van der Waals surface area (Å²) >= 11 is 0. The van der Waals surface area contributed by atoms with Crippen LogP contribution in [0.5, 0.6) is 0 Å². The van der Waals surface area contributed by atoms with Gasteiger partial charge in [0.1, 0.15) is 16.5 Å². The van der Waals surface area contributed by atoms with Crippen LogP contribution in [0.1, 0.15) is 20.7 Å². The molecule has 0 heterocycles. The van der Waals surface area contributed by atoms with Crippen LogP contribution in [0, 0.1) is 21.7 Å². The summed E-state index contributed by atoms with van der Waals surface area (Å²) in [4.78, 5) is 33.2. The number of nitrogens with zero attached hydrogens (tertiary/aromatic N) is 1. The Hall–Kier alpha value is -3.21. The molecule has 2 aromatic carbocycles. The standard InChI is InChI=1S/C16H11F2NO7S/c1-27(24,25)15-5-2-9(6-13(15)19(22)23)16(21)26-8-14(20)11-7-10(17)3-4-12(11)18/h2-7H,8H2,1H3. The van der Waals surface area contributed by atoms with Crippen molar-refractivity contribution in [2.24, 2.45) is 0 Å². The summed E-state index contributed by atoms with van der Waals surface area (Å²) in [6, 6.07) is 4.69. The highest BCUT2D eigenvalue weighted by Gasteiger charge is 2.25. The van der Waals surface area contributed by atoms with Crippen LogP contribution in [-0.2, 0) is 14.6 Å². The van der Waals surface area contributed by atoms with Gasteiger partial charge in [0.15, 0.2) is 16.4 Å². The molecular weight excluding hydrogens is 388 g/mol. The molecule has 0 aliphatic carbocycles. The minimum atomic E-state index is -3.92. The van der Waals surface area contributed by atoms with Crippen LogP contribution in [0.15, 0.2) is 41.3 Å². The molecule has 0 aliphatic heterocycles. The quantitative estimate of drug-likeness (QED) is 0.316. The topological polar surface area (TPSA) is 121 Å². The molecule has 0 radical (unpaired) electrons. The van der Waals surface area contributed by atoms with Gasteiger partial charge >= 0.3 is 5.97 Å². The van der Waals surface area contributed by atoms with Gasteiger partial charge < -0.3 is 4.74 Å². The largest absolute Gasteiger partial charge is 0.454 e. The second-order valence-electron chi connectivity index (χ2n) is 5.34. The lowest BCUT2D eigenvalue weighted by molar-refractivity contribution is -0.387. The number of ether oxygens (including phenoxy) is 1. The summed E-state index contributed by atoms with van der Waals surface area (Å²) in [5.74, 6) is -4.07. The maximum atomic E-state index is 13.5. The Morgan fingerprint density at radius 1 is 1.15 bits per heavy atom. The molecular formula is C16H11F2NO7S.